The van der Waals surface area contributed by atoms with Crippen LogP contribution in [0.1, 0.15) is 64.3 Å². The molecule has 0 aliphatic rings. The Hall–Kier alpha value is -2.53. The molecule has 0 bridgehead atoms. The molecule has 10 nitrogen and oxygen atoms in total. The van der Waals surface area contributed by atoms with E-state index >= 15 is 0 Å². The van der Waals surface area contributed by atoms with Crippen LogP contribution >= 0.6 is 0 Å². The van der Waals surface area contributed by atoms with Crippen molar-refractivity contribution >= 4 is 17.9 Å². The van der Waals surface area contributed by atoms with Crippen LogP contribution in [0.4, 0.5) is 0 Å². The second-order valence-electron chi connectivity index (χ2n) is 8.43. The summed E-state index contributed by atoms with van der Waals surface area (Å²) < 4.78 is 10.3. The second-order valence-corrected chi connectivity index (χ2v) is 8.43. The first-order valence-electron chi connectivity index (χ1n) is 9.10. The van der Waals surface area contributed by atoms with E-state index in [0.717, 1.165) is 12.1 Å². The Morgan fingerprint density at radius 3 is 1.70 bits per heavy atom. The molecule has 30 heavy (non-hydrogen) atoms. The Morgan fingerprint density at radius 2 is 1.30 bits per heavy atom. The Kier molecular flexibility index (Phi) is 8.91. The maximum atomic E-state index is 12.5. The molecular weight excluding hydrogens is 400 g/mol. The number of carboxylic acids is 1. The summed E-state index contributed by atoms with van der Waals surface area (Å²) in [7, 11) is 0. The molecule has 1 aromatic carbocycles. The highest BCUT2D eigenvalue weighted by molar-refractivity contribution is 6.05. The van der Waals surface area contributed by atoms with Gasteiger partial charge in [0.25, 0.3) is 0 Å². The molecule has 0 radical (unpaired) electrons. The Labute approximate surface area is 173 Å². The highest BCUT2D eigenvalue weighted by atomic mass is 17.1. The van der Waals surface area contributed by atoms with Crippen LogP contribution in [0.3, 0.4) is 0 Å². The SMILES string of the molecule is CC(C)(CO)COC(=O)c1cc(C(=O)OCC(C)(C)CO)c(C(=O)O)cc1COO. The normalized spacial score (nSPS) is 11.8. The van der Waals surface area contributed by atoms with Gasteiger partial charge in [-0.15, -0.1) is 0 Å². The van der Waals surface area contributed by atoms with E-state index in [1.807, 2.05) is 0 Å². The van der Waals surface area contributed by atoms with Crippen LogP contribution in [0, 0.1) is 10.8 Å². The van der Waals surface area contributed by atoms with E-state index in [4.69, 9.17) is 14.7 Å². The molecule has 0 atom stereocenters. The molecule has 0 aromatic heterocycles. The third-order valence-electron chi connectivity index (χ3n) is 4.18. The van der Waals surface area contributed by atoms with Gasteiger partial charge >= 0.3 is 17.9 Å². The molecule has 0 spiro atoms. The average Bonchev–Trinajstić information content (AvgIpc) is 2.70. The fourth-order valence-electron chi connectivity index (χ4n) is 2.14. The van der Waals surface area contributed by atoms with Crippen molar-refractivity contribution < 1.29 is 49.3 Å². The smallest absolute Gasteiger partial charge is 0.339 e. The molecular formula is C20H28O10. The highest BCUT2D eigenvalue weighted by Gasteiger charge is 2.27. The monoisotopic (exact) mass is 428 g/mol. The van der Waals surface area contributed by atoms with E-state index in [1.165, 1.54) is 0 Å². The molecule has 10 heteroatoms. The Morgan fingerprint density at radius 1 is 0.833 bits per heavy atom. The molecule has 0 amide bonds. The number of ether oxygens (including phenoxy) is 2. The summed E-state index contributed by atoms with van der Waals surface area (Å²) in [4.78, 5) is 40.7. The lowest BCUT2D eigenvalue weighted by atomic mass is 9.95. The van der Waals surface area contributed by atoms with Crippen LogP contribution in [0.25, 0.3) is 0 Å². The number of hydrogen-bond acceptors (Lipinski definition) is 9. The Balaban J connectivity index is 3.33. The van der Waals surface area contributed by atoms with Gasteiger partial charge in [0.05, 0.1) is 43.1 Å². The number of carboxylic acid groups (broad SMARTS) is 1. The minimum absolute atomic E-state index is 0.0195. The highest BCUT2D eigenvalue weighted by Crippen LogP contribution is 2.23. The van der Waals surface area contributed by atoms with Crippen molar-refractivity contribution in [3.63, 3.8) is 0 Å². The van der Waals surface area contributed by atoms with Crippen molar-refractivity contribution in [2.45, 2.75) is 34.3 Å². The number of carbonyl (C=O) groups is 3. The molecule has 1 aromatic rings. The number of carbonyl (C=O) groups excluding carboxylic acids is 2. The summed E-state index contributed by atoms with van der Waals surface area (Å²) in [5.41, 5.74) is -2.54. The molecule has 168 valence electrons. The van der Waals surface area contributed by atoms with E-state index in [2.05, 4.69) is 4.89 Å². The van der Waals surface area contributed by atoms with Crippen molar-refractivity contribution in [1.29, 1.82) is 0 Å². The predicted octanol–water partition coefficient (Wildman–Crippen LogP) is 1.73. The van der Waals surface area contributed by atoms with Gasteiger partial charge in [0.15, 0.2) is 0 Å². The van der Waals surface area contributed by atoms with Crippen molar-refractivity contribution in [3.05, 3.63) is 34.4 Å². The van der Waals surface area contributed by atoms with Gasteiger partial charge in [-0.1, -0.05) is 27.7 Å². The van der Waals surface area contributed by atoms with Crippen LogP contribution in [0.2, 0.25) is 0 Å². The van der Waals surface area contributed by atoms with Gasteiger partial charge in [0.2, 0.25) is 0 Å². The first-order chi connectivity index (χ1) is 13.9. The number of aromatic carboxylic acids is 1. The number of benzene rings is 1. The molecule has 1 rings (SSSR count). The van der Waals surface area contributed by atoms with E-state index < -0.39 is 46.5 Å². The largest absolute Gasteiger partial charge is 0.478 e. The lowest BCUT2D eigenvalue weighted by Gasteiger charge is -2.22. The molecule has 0 fully saturated rings. The second kappa shape index (κ2) is 10.5. The summed E-state index contributed by atoms with van der Waals surface area (Å²) >= 11 is 0. The number of esters is 2. The molecule has 0 unspecified atom stereocenters. The zero-order valence-corrected chi connectivity index (χ0v) is 17.4. The minimum atomic E-state index is -1.45. The number of aliphatic hydroxyl groups is 2. The van der Waals surface area contributed by atoms with Crippen LogP contribution < -0.4 is 0 Å². The van der Waals surface area contributed by atoms with Crippen molar-refractivity contribution in [1.82, 2.24) is 0 Å². The summed E-state index contributed by atoms with van der Waals surface area (Å²) in [6, 6.07) is 2.01. The number of rotatable bonds is 11. The summed E-state index contributed by atoms with van der Waals surface area (Å²) in [5, 5.41) is 36.8. The maximum absolute atomic E-state index is 12.5. The fraction of sp³-hybridized carbons (Fsp3) is 0.550. The standard InChI is InChI=1S/C20H28O10/c1-19(2,8-21)10-28-17(25)13-6-15(18(26)29-11-20(3,4)9-22)14(16(23)24)5-12(13)7-30-27/h5-6,21-22,27H,7-11H2,1-4H3,(H,23,24). The van der Waals surface area contributed by atoms with Gasteiger partial charge in [-0.2, -0.15) is 0 Å². The van der Waals surface area contributed by atoms with E-state index in [1.54, 1.807) is 27.7 Å². The Bertz CT molecular complexity index is 782. The first-order valence-corrected chi connectivity index (χ1v) is 9.10. The average molecular weight is 428 g/mol. The topological polar surface area (TPSA) is 160 Å². The van der Waals surface area contributed by atoms with Crippen molar-refractivity contribution in [3.8, 4) is 0 Å². The molecule has 0 heterocycles. The molecule has 0 saturated heterocycles. The maximum Gasteiger partial charge on any atom is 0.339 e. The van der Waals surface area contributed by atoms with Gasteiger partial charge in [-0.25, -0.2) is 19.3 Å². The van der Waals surface area contributed by atoms with Gasteiger partial charge in [0.1, 0.15) is 6.61 Å². The van der Waals surface area contributed by atoms with Crippen LogP contribution in [-0.4, -0.2) is 64.9 Å². The van der Waals surface area contributed by atoms with E-state index in [0.29, 0.717) is 0 Å². The van der Waals surface area contributed by atoms with E-state index in [9.17, 15) is 29.7 Å². The summed E-state index contributed by atoms with van der Waals surface area (Å²) in [6.45, 7) is 5.24. The van der Waals surface area contributed by atoms with Gasteiger partial charge in [0, 0.05) is 10.8 Å². The van der Waals surface area contributed by atoms with Gasteiger partial charge < -0.3 is 24.8 Å². The molecule has 0 aliphatic carbocycles. The zero-order valence-electron chi connectivity index (χ0n) is 17.4. The molecule has 0 saturated carbocycles. The number of aliphatic hydroxyl groups excluding tert-OH is 2. The lowest BCUT2D eigenvalue weighted by Crippen LogP contribution is -2.27. The summed E-state index contributed by atoms with van der Waals surface area (Å²) in [6.07, 6.45) is 0. The van der Waals surface area contributed by atoms with E-state index in [-0.39, 0.29) is 37.6 Å². The van der Waals surface area contributed by atoms with Crippen molar-refractivity contribution in [2.24, 2.45) is 10.8 Å². The number of hydrogen-bond donors (Lipinski definition) is 4. The lowest BCUT2D eigenvalue weighted by molar-refractivity contribution is -0.253. The van der Waals surface area contributed by atoms with Gasteiger partial charge in [-0.05, 0) is 17.7 Å². The van der Waals surface area contributed by atoms with Gasteiger partial charge in [-0.3, -0.25) is 5.26 Å². The fourth-order valence-corrected chi connectivity index (χ4v) is 2.14. The van der Waals surface area contributed by atoms with Crippen LogP contribution in [0.15, 0.2) is 12.1 Å². The third-order valence-corrected chi connectivity index (χ3v) is 4.18. The molecule has 0 aliphatic heterocycles. The first kappa shape index (κ1) is 25.5. The quantitative estimate of drug-likeness (QED) is 0.232. The van der Waals surface area contributed by atoms with Crippen LogP contribution in [-0.2, 0) is 21.0 Å². The summed E-state index contributed by atoms with van der Waals surface area (Å²) in [5.74, 6) is -3.36. The van der Waals surface area contributed by atoms with Crippen LogP contribution in [0.5, 0.6) is 0 Å². The third kappa shape index (κ3) is 7.06. The van der Waals surface area contributed by atoms with Crippen molar-refractivity contribution in [2.75, 3.05) is 26.4 Å². The zero-order chi connectivity index (χ0) is 23.1. The predicted molar refractivity (Wildman–Crippen MR) is 103 cm³/mol. The minimum Gasteiger partial charge on any atom is -0.478 e. The molecule has 4 N–H and O–H groups in total.